The lowest BCUT2D eigenvalue weighted by Crippen LogP contribution is -2.49. The molecule has 0 aromatic heterocycles. The van der Waals surface area contributed by atoms with Gasteiger partial charge in [0, 0.05) is 0 Å². The molecule has 16 heavy (non-hydrogen) atoms. The fraction of sp³-hybridized carbons (Fsp3) is 0.833. The van der Waals surface area contributed by atoms with Crippen molar-refractivity contribution in [2.45, 2.75) is 64.1 Å². The zero-order valence-electron chi connectivity index (χ0n) is 11.2. The summed E-state index contributed by atoms with van der Waals surface area (Å²) >= 11 is 0. The minimum Gasteiger partial charge on any atom is -0.496 e. The van der Waals surface area contributed by atoms with E-state index < -0.39 is 14.4 Å². The van der Waals surface area contributed by atoms with Crippen LogP contribution in [0.1, 0.15) is 27.7 Å². The van der Waals surface area contributed by atoms with Crippen molar-refractivity contribution in [3.05, 3.63) is 12.3 Å². The maximum Gasteiger partial charge on any atom is 0.193 e. The van der Waals surface area contributed by atoms with E-state index in [4.69, 9.17) is 9.16 Å². The second-order valence-corrected chi connectivity index (χ2v) is 10.8. The molecular weight excluding hydrogens is 220 g/mol. The van der Waals surface area contributed by atoms with Gasteiger partial charge < -0.3 is 14.3 Å². The lowest BCUT2D eigenvalue weighted by atomic mass is 10.1. The maximum absolute atomic E-state index is 9.99. The van der Waals surface area contributed by atoms with Crippen molar-refractivity contribution < 1.29 is 14.3 Å². The van der Waals surface area contributed by atoms with Gasteiger partial charge in [-0.25, -0.2) is 0 Å². The van der Waals surface area contributed by atoms with E-state index >= 15 is 0 Å². The molecule has 4 heteroatoms. The number of hydrogen-bond acceptors (Lipinski definition) is 3. The van der Waals surface area contributed by atoms with Crippen LogP contribution in [0.25, 0.3) is 0 Å². The molecule has 1 aliphatic heterocycles. The molecule has 3 atom stereocenters. The van der Waals surface area contributed by atoms with Gasteiger partial charge in [-0.2, -0.15) is 0 Å². The van der Waals surface area contributed by atoms with Crippen LogP contribution in [0.4, 0.5) is 0 Å². The molecule has 0 aromatic rings. The van der Waals surface area contributed by atoms with E-state index in [0.717, 1.165) is 0 Å². The Morgan fingerprint density at radius 3 is 2.38 bits per heavy atom. The molecule has 1 rings (SSSR count). The predicted molar refractivity (Wildman–Crippen MR) is 67.8 cm³/mol. The van der Waals surface area contributed by atoms with Gasteiger partial charge in [0.15, 0.2) is 8.32 Å². The SMILES string of the molecule is C[C@@H]1OC=C[C@H](O[Si](C)(C)C(C)(C)C)[C@H]1O. The summed E-state index contributed by atoms with van der Waals surface area (Å²) < 4.78 is 11.4. The minimum atomic E-state index is -1.83. The molecule has 0 radical (unpaired) electrons. The highest BCUT2D eigenvalue weighted by atomic mass is 28.4. The van der Waals surface area contributed by atoms with Gasteiger partial charge in [0.25, 0.3) is 0 Å². The van der Waals surface area contributed by atoms with Crippen molar-refractivity contribution in [2.75, 3.05) is 0 Å². The average Bonchev–Trinajstić information content (AvgIpc) is 2.11. The fourth-order valence-corrected chi connectivity index (χ4v) is 2.59. The molecule has 0 aliphatic carbocycles. The molecule has 0 spiro atoms. The Balaban J connectivity index is 2.74. The van der Waals surface area contributed by atoms with E-state index in [9.17, 15) is 5.11 Å². The van der Waals surface area contributed by atoms with Crippen molar-refractivity contribution in [3.63, 3.8) is 0 Å². The zero-order valence-corrected chi connectivity index (χ0v) is 12.2. The monoisotopic (exact) mass is 244 g/mol. The number of hydrogen-bond donors (Lipinski definition) is 1. The topological polar surface area (TPSA) is 38.7 Å². The molecule has 0 bridgehead atoms. The lowest BCUT2D eigenvalue weighted by molar-refractivity contribution is -0.0497. The Morgan fingerprint density at radius 1 is 1.31 bits per heavy atom. The van der Waals surface area contributed by atoms with Gasteiger partial charge in [0.1, 0.15) is 12.2 Å². The molecule has 0 amide bonds. The first-order valence-corrected chi connectivity index (χ1v) is 8.74. The first kappa shape index (κ1) is 13.7. The third kappa shape index (κ3) is 2.87. The molecule has 0 saturated heterocycles. The van der Waals surface area contributed by atoms with Crippen molar-refractivity contribution in [1.82, 2.24) is 0 Å². The van der Waals surface area contributed by atoms with Crippen molar-refractivity contribution in [1.29, 1.82) is 0 Å². The molecule has 3 nitrogen and oxygen atoms in total. The molecule has 0 fully saturated rings. The minimum absolute atomic E-state index is 0.155. The van der Waals surface area contributed by atoms with Crippen LogP contribution < -0.4 is 0 Å². The first-order valence-electron chi connectivity index (χ1n) is 5.83. The van der Waals surface area contributed by atoms with Crippen LogP contribution in [-0.4, -0.2) is 31.7 Å². The first-order chi connectivity index (χ1) is 7.15. The van der Waals surface area contributed by atoms with E-state index in [0.29, 0.717) is 0 Å². The molecule has 0 unspecified atom stereocenters. The quantitative estimate of drug-likeness (QED) is 0.759. The summed E-state index contributed by atoms with van der Waals surface area (Å²) in [5.41, 5.74) is 0. The molecule has 94 valence electrons. The predicted octanol–water partition coefficient (Wildman–Crippen LogP) is 2.67. The van der Waals surface area contributed by atoms with Crippen LogP contribution >= 0.6 is 0 Å². The van der Waals surface area contributed by atoms with Gasteiger partial charge in [0.2, 0.25) is 0 Å². The highest BCUT2D eigenvalue weighted by Crippen LogP contribution is 2.38. The van der Waals surface area contributed by atoms with Gasteiger partial charge in [-0.05, 0) is 31.1 Å². The fourth-order valence-electron chi connectivity index (χ4n) is 1.33. The second-order valence-electron chi connectivity index (χ2n) is 6.00. The summed E-state index contributed by atoms with van der Waals surface area (Å²) in [6.45, 7) is 12.8. The van der Waals surface area contributed by atoms with Crippen LogP contribution in [0.2, 0.25) is 18.1 Å². The molecule has 0 aromatic carbocycles. The number of rotatable bonds is 2. The third-order valence-electron chi connectivity index (χ3n) is 3.62. The van der Waals surface area contributed by atoms with E-state index in [1.54, 1.807) is 6.26 Å². The number of aliphatic hydroxyl groups excluding tert-OH is 1. The van der Waals surface area contributed by atoms with Crippen molar-refractivity contribution in [3.8, 4) is 0 Å². The van der Waals surface area contributed by atoms with E-state index in [1.165, 1.54) is 0 Å². The molecule has 1 N–H and O–H groups in total. The van der Waals surface area contributed by atoms with Gasteiger partial charge >= 0.3 is 0 Å². The summed E-state index contributed by atoms with van der Waals surface area (Å²) in [6.07, 6.45) is 2.45. The van der Waals surface area contributed by atoms with E-state index in [2.05, 4.69) is 33.9 Å². The summed E-state index contributed by atoms with van der Waals surface area (Å²) in [5.74, 6) is 0. The van der Waals surface area contributed by atoms with Crippen LogP contribution in [-0.2, 0) is 9.16 Å². The van der Waals surface area contributed by atoms with Gasteiger partial charge in [-0.15, -0.1) is 0 Å². The van der Waals surface area contributed by atoms with Crippen LogP contribution in [0, 0.1) is 0 Å². The van der Waals surface area contributed by atoms with E-state index in [1.807, 2.05) is 13.0 Å². The summed E-state index contributed by atoms with van der Waals surface area (Å²) in [7, 11) is -1.83. The maximum atomic E-state index is 9.99. The van der Waals surface area contributed by atoms with Crippen LogP contribution in [0.15, 0.2) is 12.3 Å². The number of aliphatic hydroxyl groups is 1. The van der Waals surface area contributed by atoms with Gasteiger partial charge in [-0.1, -0.05) is 20.8 Å². The van der Waals surface area contributed by atoms with Crippen LogP contribution in [0.3, 0.4) is 0 Å². The Hall–Kier alpha value is -0.323. The average molecular weight is 244 g/mol. The highest BCUT2D eigenvalue weighted by Gasteiger charge is 2.41. The number of ether oxygens (including phenoxy) is 1. The Bertz CT molecular complexity index is 268. The molecular formula is C12H24O3Si. The standard InChI is InChI=1S/C12H24O3Si/c1-9-11(13)10(7-8-14-9)15-16(5,6)12(2,3)4/h7-11,13H,1-6H3/t9-,10-,11-/m0/s1. The summed E-state index contributed by atoms with van der Waals surface area (Å²) in [4.78, 5) is 0. The van der Waals surface area contributed by atoms with Crippen LogP contribution in [0.5, 0.6) is 0 Å². The Kier molecular flexibility index (Phi) is 3.87. The molecule has 0 saturated carbocycles. The van der Waals surface area contributed by atoms with Gasteiger partial charge in [-0.3, -0.25) is 0 Å². The second kappa shape index (κ2) is 4.51. The zero-order chi connectivity index (χ0) is 12.6. The lowest BCUT2D eigenvalue weighted by Gasteiger charge is -2.41. The van der Waals surface area contributed by atoms with Gasteiger partial charge in [0.05, 0.1) is 12.4 Å². The largest absolute Gasteiger partial charge is 0.496 e. The Labute approximate surface area is 99.6 Å². The smallest absolute Gasteiger partial charge is 0.193 e. The molecule has 1 heterocycles. The molecule has 1 aliphatic rings. The highest BCUT2D eigenvalue weighted by molar-refractivity contribution is 6.74. The van der Waals surface area contributed by atoms with Crippen molar-refractivity contribution in [2.24, 2.45) is 0 Å². The third-order valence-corrected chi connectivity index (χ3v) is 8.09. The Morgan fingerprint density at radius 2 is 1.88 bits per heavy atom. The summed E-state index contributed by atoms with van der Waals surface area (Å²) in [5, 5.41) is 10.1. The normalized spacial score (nSPS) is 31.3. The summed E-state index contributed by atoms with van der Waals surface area (Å²) in [6, 6.07) is 0. The van der Waals surface area contributed by atoms with E-state index in [-0.39, 0.29) is 17.2 Å². The van der Waals surface area contributed by atoms with Crippen molar-refractivity contribution >= 4 is 8.32 Å².